The Hall–Kier alpha value is -0.850. The van der Waals surface area contributed by atoms with E-state index in [2.05, 4.69) is 19.9 Å². The van der Waals surface area contributed by atoms with Gasteiger partial charge in [-0.3, -0.25) is 4.79 Å². The summed E-state index contributed by atoms with van der Waals surface area (Å²) >= 11 is 0. The van der Waals surface area contributed by atoms with E-state index in [1.165, 1.54) is 50.5 Å². The van der Waals surface area contributed by atoms with E-state index >= 15 is 0 Å². The largest absolute Gasteiger partial charge is 0.295 e. The van der Waals surface area contributed by atoms with Crippen LogP contribution in [-0.2, 0) is 4.79 Å². The Morgan fingerprint density at radius 1 is 1.14 bits per heavy atom. The number of ketones is 1. The fourth-order valence-corrected chi connectivity index (χ4v) is 6.61. The van der Waals surface area contributed by atoms with Gasteiger partial charge >= 0.3 is 0 Å². The molecule has 5 atom stereocenters. The van der Waals surface area contributed by atoms with Gasteiger partial charge in [-0.15, -0.1) is 0 Å². The lowest BCUT2D eigenvalue weighted by Gasteiger charge is -2.53. The van der Waals surface area contributed by atoms with Crippen LogP contribution in [0.4, 0.5) is 0 Å². The van der Waals surface area contributed by atoms with Crippen molar-refractivity contribution in [3.63, 3.8) is 0 Å². The summed E-state index contributed by atoms with van der Waals surface area (Å²) in [6.07, 6.45) is 15.8. The molecule has 3 saturated carbocycles. The second-order valence-corrected chi connectivity index (χ2v) is 8.44. The summed E-state index contributed by atoms with van der Waals surface area (Å²) in [6.45, 7) is 4.85. The molecule has 0 saturated heterocycles. The average molecular weight is 298 g/mol. The number of carbonyl (C=O) groups excluding carboxylic acids is 1. The lowest BCUT2D eigenvalue weighted by atomic mass is 9.52. The summed E-state index contributed by atoms with van der Waals surface area (Å²) in [7, 11) is 0. The maximum Gasteiger partial charge on any atom is 0.155 e. The second-order valence-electron chi connectivity index (χ2n) is 8.44. The third-order valence-electron chi connectivity index (χ3n) is 7.60. The van der Waals surface area contributed by atoms with Crippen molar-refractivity contribution in [2.75, 3.05) is 0 Å². The third kappa shape index (κ3) is 2.07. The molecule has 1 nitrogen and oxygen atoms in total. The predicted molar refractivity (Wildman–Crippen MR) is 90.5 cm³/mol. The highest BCUT2D eigenvalue weighted by Gasteiger charge is 2.54. The summed E-state index contributed by atoms with van der Waals surface area (Å²) < 4.78 is 0. The Bertz CT molecular complexity index is 540. The predicted octanol–water partition coefficient (Wildman–Crippen LogP) is 5.46. The van der Waals surface area contributed by atoms with Gasteiger partial charge in [0, 0.05) is 6.42 Å². The fraction of sp³-hybridized carbons (Fsp3) is 0.762. The Morgan fingerprint density at radius 3 is 2.82 bits per heavy atom. The molecular formula is C21H30O. The quantitative estimate of drug-likeness (QED) is 0.587. The summed E-state index contributed by atoms with van der Waals surface area (Å²) in [5.74, 6) is 3.87. The van der Waals surface area contributed by atoms with E-state index in [1.54, 1.807) is 5.57 Å². The Balaban J connectivity index is 1.62. The maximum absolute atomic E-state index is 11.7. The van der Waals surface area contributed by atoms with Gasteiger partial charge in [-0.05, 0) is 86.5 Å². The van der Waals surface area contributed by atoms with Crippen LogP contribution >= 0.6 is 0 Å². The van der Waals surface area contributed by atoms with Crippen LogP contribution in [0.15, 0.2) is 23.3 Å². The number of rotatable bonds is 1. The van der Waals surface area contributed by atoms with Crippen molar-refractivity contribution < 1.29 is 4.79 Å². The first kappa shape index (κ1) is 14.7. The lowest BCUT2D eigenvalue weighted by Crippen LogP contribution is -2.45. The first-order chi connectivity index (χ1) is 10.6. The van der Waals surface area contributed by atoms with Gasteiger partial charge in [0.1, 0.15) is 0 Å². The van der Waals surface area contributed by atoms with Gasteiger partial charge in [-0.25, -0.2) is 0 Å². The first-order valence-corrected chi connectivity index (χ1v) is 9.56. The molecule has 22 heavy (non-hydrogen) atoms. The van der Waals surface area contributed by atoms with Gasteiger partial charge in [0.2, 0.25) is 0 Å². The molecule has 0 aliphatic heterocycles. The van der Waals surface area contributed by atoms with E-state index in [-0.39, 0.29) is 0 Å². The van der Waals surface area contributed by atoms with E-state index in [0.717, 1.165) is 36.5 Å². The number of carbonyl (C=O) groups is 1. The van der Waals surface area contributed by atoms with E-state index < -0.39 is 0 Å². The molecule has 0 heterocycles. The van der Waals surface area contributed by atoms with Crippen molar-refractivity contribution in [2.24, 2.45) is 29.1 Å². The average Bonchev–Trinajstić information content (AvgIpc) is 2.84. The number of allylic oxidation sites excluding steroid dienone is 3. The van der Waals surface area contributed by atoms with Crippen LogP contribution in [0.1, 0.15) is 71.6 Å². The SMILES string of the molecule is CCC=C1CCC2C3CCC4=CC(=O)CCC4C3CCC12C. The summed E-state index contributed by atoms with van der Waals surface area (Å²) in [5, 5.41) is 0. The molecule has 0 aromatic heterocycles. The Labute approximate surface area is 135 Å². The minimum absolute atomic E-state index is 0.388. The van der Waals surface area contributed by atoms with E-state index in [1.807, 2.05) is 6.08 Å². The smallest absolute Gasteiger partial charge is 0.155 e. The van der Waals surface area contributed by atoms with Crippen molar-refractivity contribution in [3.8, 4) is 0 Å². The van der Waals surface area contributed by atoms with Gasteiger partial charge in [0.05, 0.1) is 0 Å². The zero-order chi connectivity index (χ0) is 15.3. The monoisotopic (exact) mass is 298 g/mol. The maximum atomic E-state index is 11.7. The fourth-order valence-electron chi connectivity index (χ4n) is 6.61. The molecule has 4 aliphatic rings. The molecule has 5 unspecified atom stereocenters. The molecule has 120 valence electrons. The van der Waals surface area contributed by atoms with Crippen molar-refractivity contribution in [3.05, 3.63) is 23.3 Å². The van der Waals surface area contributed by atoms with Gasteiger partial charge in [0.15, 0.2) is 5.78 Å². The molecule has 0 aromatic carbocycles. The van der Waals surface area contributed by atoms with E-state index in [9.17, 15) is 4.79 Å². The van der Waals surface area contributed by atoms with Crippen molar-refractivity contribution in [1.29, 1.82) is 0 Å². The van der Waals surface area contributed by atoms with Gasteiger partial charge in [-0.1, -0.05) is 31.1 Å². The molecule has 0 aromatic rings. The minimum atomic E-state index is 0.388. The Kier molecular flexibility index (Phi) is 3.58. The standard InChI is InChI=1S/C21H30O/c1-3-4-15-6-10-20-19-8-5-14-13-16(22)7-9-17(14)18(19)11-12-21(15,20)2/h4,13,17-20H,3,5-12H2,1-2H3. The highest BCUT2D eigenvalue weighted by molar-refractivity contribution is 5.91. The van der Waals surface area contributed by atoms with Crippen molar-refractivity contribution in [1.82, 2.24) is 0 Å². The van der Waals surface area contributed by atoms with E-state index in [0.29, 0.717) is 11.2 Å². The summed E-state index contributed by atoms with van der Waals surface area (Å²) in [6, 6.07) is 0. The summed E-state index contributed by atoms with van der Waals surface area (Å²) in [4.78, 5) is 11.7. The number of hydrogen-bond acceptors (Lipinski definition) is 1. The Morgan fingerprint density at radius 2 is 2.00 bits per heavy atom. The van der Waals surface area contributed by atoms with E-state index in [4.69, 9.17) is 0 Å². The molecule has 0 spiro atoms. The molecule has 0 N–H and O–H groups in total. The van der Waals surface area contributed by atoms with Crippen LogP contribution in [0.5, 0.6) is 0 Å². The van der Waals surface area contributed by atoms with Gasteiger partial charge < -0.3 is 0 Å². The van der Waals surface area contributed by atoms with Crippen molar-refractivity contribution in [2.45, 2.75) is 71.6 Å². The van der Waals surface area contributed by atoms with Gasteiger partial charge in [-0.2, -0.15) is 0 Å². The highest BCUT2D eigenvalue weighted by atomic mass is 16.1. The number of hydrogen-bond donors (Lipinski definition) is 0. The minimum Gasteiger partial charge on any atom is -0.295 e. The topological polar surface area (TPSA) is 17.1 Å². The molecule has 4 aliphatic carbocycles. The molecule has 3 fully saturated rings. The lowest BCUT2D eigenvalue weighted by molar-refractivity contribution is -0.115. The molecule has 4 rings (SSSR count). The second kappa shape index (κ2) is 5.35. The molecule has 1 heteroatoms. The molecule has 0 bridgehead atoms. The molecule has 0 radical (unpaired) electrons. The van der Waals surface area contributed by atoms with Gasteiger partial charge in [0.25, 0.3) is 0 Å². The van der Waals surface area contributed by atoms with Crippen LogP contribution in [0.3, 0.4) is 0 Å². The van der Waals surface area contributed by atoms with Crippen molar-refractivity contribution >= 4 is 5.78 Å². The molecular weight excluding hydrogens is 268 g/mol. The number of fused-ring (bicyclic) bond motifs is 5. The normalized spacial score (nSPS) is 46.0. The summed E-state index contributed by atoms with van der Waals surface area (Å²) in [5.41, 5.74) is 3.80. The first-order valence-electron chi connectivity index (χ1n) is 9.56. The van der Waals surface area contributed by atoms with Crippen LogP contribution in [0.2, 0.25) is 0 Å². The van der Waals surface area contributed by atoms with Crippen LogP contribution < -0.4 is 0 Å². The highest BCUT2D eigenvalue weighted by Crippen LogP contribution is 2.63. The molecule has 0 amide bonds. The van der Waals surface area contributed by atoms with Crippen LogP contribution in [0.25, 0.3) is 0 Å². The van der Waals surface area contributed by atoms with Crippen LogP contribution in [0, 0.1) is 29.1 Å². The third-order valence-corrected chi connectivity index (χ3v) is 7.60. The zero-order valence-electron chi connectivity index (χ0n) is 14.2. The zero-order valence-corrected chi connectivity index (χ0v) is 14.2. The van der Waals surface area contributed by atoms with Crippen LogP contribution in [-0.4, -0.2) is 5.78 Å².